The number of aryl methyl sites for hydroxylation is 1. The van der Waals surface area contributed by atoms with Gasteiger partial charge in [0.05, 0.1) is 0 Å². The third kappa shape index (κ3) is 10.8. The van der Waals surface area contributed by atoms with Crippen LogP contribution < -0.4 is 0 Å². The third-order valence-corrected chi connectivity index (χ3v) is 7.40. The van der Waals surface area contributed by atoms with Gasteiger partial charge in [0.25, 0.3) is 0 Å². The second-order valence-corrected chi connectivity index (χ2v) is 10.7. The molecule has 0 saturated heterocycles. The molecule has 34 heavy (non-hydrogen) atoms. The molecule has 0 fully saturated rings. The summed E-state index contributed by atoms with van der Waals surface area (Å²) in [5, 5.41) is 0.844. The van der Waals surface area contributed by atoms with Crippen molar-refractivity contribution >= 4 is 11.6 Å². The van der Waals surface area contributed by atoms with Gasteiger partial charge in [-0.3, -0.25) is 0 Å². The van der Waals surface area contributed by atoms with Crippen LogP contribution in [0.15, 0.2) is 54.6 Å². The lowest BCUT2D eigenvalue weighted by Crippen LogP contribution is -2.14. The summed E-state index contributed by atoms with van der Waals surface area (Å²) in [5.74, 6) is 3.04. The van der Waals surface area contributed by atoms with Gasteiger partial charge in [-0.15, -0.1) is 0 Å². The van der Waals surface area contributed by atoms with Crippen LogP contribution in [0.3, 0.4) is 0 Å². The van der Waals surface area contributed by atoms with Gasteiger partial charge in [-0.2, -0.15) is 0 Å². The normalized spacial score (nSPS) is 14.1. The van der Waals surface area contributed by atoms with Crippen molar-refractivity contribution in [1.29, 1.82) is 0 Å². The van der Waals surface area contributed by atoms with Crippen LogP contribution in [0.25, 0.3) is 11.1 Å². The summed E-state index contributed by atoms with van der Waals surface area (Å²) in [7, 11) is 0. The molecule has 0 aliphatic carbocycles. The van der Waals surface area contributed by atoms with Crippen molar-refractivity contribution in [2.75, 3.05) is 0 Å². The van der Waals surface area contributed by atoms with E-state index >= 15 is 0 Å². The smallest absolute Gasteiger partial charge is 0.0441 e. The molecule has 0 spiro atoms. The maximum absolute atomic E-state index is 6.32. The molecule has 0 radical (unpaired) electrons. The zero-order valence-corrected chi connectivity index (χ0v) is 24.1. The second-order valence-electron chi connectivity index (χ2n) is 10.3. The first-order chi connectivity index (χ1) is 16.3. The predicted molar refractivity (Wildman–Crippen MR) is 156 cm³/mol. The maximum atomic E-state index is 6.32. The number of halogens is 1. The fourth-order valence-electron chi connectivity index (χ4n) is 4.56. The fraction of sp³-hybridized carbons (Fsp3) is 0.576. The molecule has 3 unspecified atom stereocenters. The standard InChI is InChI=1S/C26H37Cl.C7H14/c1-6-9-22(12-10-19(4)7-2)25(8-3)23-16-14-21(15-17-23)24-13-11-20(5)26(27)18-24;1-4-5-6-7(2)3/h11,13-19,22,25H,6-10,12H2,1-5H3;5-7H,4H2,1-3H3/b;6-5+. The Morgan fingerprint density at radius 2 is 1.44 bits per heavy atom. The van der Waals surface area contributed by atoms with Gasteiger partial charge in [-0.1, -0.05) is 134 Å². The number of rotatable bonds is 12. The molecule has 2 rings (SSSR count). The lowest BCUT2D eigenvalue weighted by molar-refractivity contribution is 0.323. The van der Waals surface area contributed by atoms with Crippen LogP contribution in [-0.2, 0) is 0 Å². The van der Waals surface area contributed by atoms with Gasteiger partial charge in [0.1, 0.15) is 0 Å². The Bertz CT molecular complexity index is 815. The average Bonchev–Trinajstić information content (AvgIpc) is 2.84. The Morgan fingerprint density at radius 3 is 1.91 bits per heavy atom. The van der Waals surface area contributed by atoms with Crippen LogP contribution in [0.4, 0.5) is 0 Å². The summed E-state index contributed by atoms with van der Waals surface area (Å²) in [6.45, 7) is 18.0. The SMILES string of the molecule is CC/C=C/C(C)C.CCCC(CCC(C)CC)C(CC)c1ccc(-c2ccc(C)c(Cl)c2)cc1. The Morgan fingerprint density at radius 1 is 0.794 bits per heavy atom. The van der Waals surface area contributed by atoms with E-state index in [1.807, 2.05) is 6.92 Å². The lowest BCUT2D eigenvalue weighted by Gasteiger charge is -2.28. The number of hydrogen-bond acceptors (Lipinski definition) is 0. The molecule has 0 saturated carbocycles. The Balaban J connectivity index is 0.000000718. The van der Waals surface area contributed by atoms with Crippen LogP contribution in [-0.4, -0.2) is 0 Å². The van der Waals surface area contributed by atoms with Crippen molar-refractivity contribution in [3.63, 3.8) is 0 Å². The van der Waals surface area contributed by atoms with E-state index in [0.29, 0.717) is 5.92 Å². The summed E-state index contributed by atoms with van der Waals surface area (Å²) < 4.78 is 0. The largest absolute Gasteiger partial charge is 0.0886 e. The van der Waals surface area contributed by atoms with Gasteiger partial charge in [-0.05, 0) is 78.2 Å². The van der Waals surface area contributed by atoms with Gasteiger partial charge >= 0.3 is 0 Å². The summed E-state index contributed by atoms with van der Waals surface area (Å²) in [6.07, 6.45) is 13.4. The molecule has 0 aliphatic heterocycles. The molecule has 0 bridgehead atoms. The van der Waals surface area contributed by atoms with E-state index in [1.54, 1.807) is 0 Å². The molecular formula is C33H51Cl. The van der Waals surface area contributed by atoms with Crippen molar-refractivity contribution in [1.82, 2.24) is 0 Å². The zero-order chi connectivity index (χ0) is 25.5. The maximum Gasteiger partial charge on any atom is 0.0441 e. The van der Waals surface area contributed by atoms with Gasteiger partial charge in [0, 0.05) is 5.02 Å². The molecule has 0 aliphatic rings. The van der Waals surface area contributed by atoms with Gasteiger partial charge in [-0.25, -0.2) is 0 Å². The van der Waals surface area contributed by atoms with E-state index < -0.39 is 0 Å². The first-order valence-electron chi connectivity index (χ1n) is 13.8. The number of hydrogen-bond donors (Lipinski definition) is 0. The Kier molecular flexibility index (Phi) is 15.2. The minimum atomic E-state index is 0.671. The Labute approximate surface area is 217 Å². The molecule has 0 N–H and O–H groups in total. The van der Waals surface area contributed by atoms with E-state index in [0.717, 1.165) is 34.8 Å². The Hall–Kier alpha value is -1.53. The molecule has 2 aromatic carbocycles. The van der Waals surface area contributed by atoms with E-state index in [-0.39, 0.29) is 0 Å². The monoisotopic (exact) mass is 482 g/mol. The first-order valence-corrected chi connectivity index (χ1v) is 14.2. The molecule has 0 amide bonds. The van der Waals surface area contributed by atoms with E-state index in [4.69, 9.17) is 11.6 Å². The summed E-state index contributed by atoms with van der Waals surface area (Å²) in [5.41, 5.74) is 5.09. The number of allylic oxidation sites excluding steroid dienone is 2. The average molecular weight is 483 g/mol. The van der Waals surface area contributed by atoms with Gasteiger partial charge < -0.3 is 0 Å². The summed E-state index contributed by atoms with van der Waals surface area (Å²) in [4.78, 5) is 0. The quantitative estimate of drug-likeness (QED) is 0.264. The highest BCUT2D eigenvalue weighted by molar-refractivity contribution is 6.31. The van der Waals surface area contributed by atoms with Crippen molar-refractivity contribution < 1.29 is 0 Å². The molecule has 0 nitrogen and oxygen atoms in total. The highest BCUT2D eigenvalue weighted by Crippen LogP contribution is 2.36. The zero-order valence-electron chi connectivity index (χ0n) is 23.3. The van der Waals surface area contributed by atoms with Gasteiger partial charge in [0.2, 0.25) is 0 Å². The van der Waals surface area contributed by atoms with Gasteiger partial charge in [0.15, 0.2) is 0 Å². The highest BCUT2D eigenvalue weighted by atomic mass is 35.5. The molecule has 2 aromatic rings. The highest BCUT2D eigenvalue weighted by Gasteiger charge is 2.21. The van der Waals surface area contributed by atoms with E-state index in [1.165, 1.54) is 55.2 Å². The third-order valence-electron chi connectivity index (χ3n) is 7.00. The molecule has 1 heteroatoms. The predicted octanol–water partition coefficient (Wildman–Crippen LogP) is 11.7. The molecular weight excluding hydrogens is 432 g/mol. The van der Waals surface area contributed by atoms with Crippen molar-refractivity contribution in [3.05, 3.63) is 70.8 Å². The minimum Gasteiger partial charge on any atom is -0.0886 e. The van der Waals surface area contributed by atoms with Crippen LogP contribution in [0.2, 0.25) is 5.02 Å². The fourth-order valence-corrected chi connectivity index (χ4v) is 4.75. The number of benzene rings is 2. The molecule has 190 valence electrons. The van der Waals surface area contributed by atoms with E-state index in [2.05, 4.69) is 103 Å². The minimum absolute atomic E-state index is 0.671. The topological polar surface area (TPSA) is 0 Å². The van der Waals surface area contributed by atoms with Crippen LogP contribution >= 0.6 is 11.6 Å². The molecule has 0 aromatic heterocycles. The van der Waals surface area contributed by atoms with Crippen molar-refractivity contribution in [3.8, 4) is 11.1 Å². The van der Waals surface area contributed by atoms with Crippen molar-refractivity contribution in [2.24, 2.45) is 17.8 Å². The van der Waals surface area contributed by atoms with E-state index in [9.17, 15) is 0 Å². The lowest BCUT2D eigenvalue weighted by atomic mass is 9.77. The van der Waals surface area contributed by atoms with Crippen molar-refractivity contribution in [2.45, 2.75) is 106 Å². The molecule has 3 atom stereocenters. The summed E-state index contributed by atoms with van der Waals surface area (Å²) >= 11 is 6.32. The van der Waals surface area contributed by atoms with Crippen LogP contribution in [0.5, 0.6) is 0 Å². The molecule has 0 heterocycles. The second kappa shape index (κ2) is 17.0. The van der Waals surface area contributed by atoms with Crippen LogP contribution in [0, 0.1) is 24.7 Å². The van der Waals surface area contributed by atoms with Crippen LogP contribution in [0.1, 0.15) is 110 Å². The summed E-state index contributed by atoms with van der Waals surface area (Å²) in [6, 6.07) is 15.6. The first kappa shape index (κ1) is 30.5.